The van der Waals surface area contributed by atoms with Crippen LogP contribution >= 0.6 is 0 Å². The molecule has 0 saturated heterocycles. The van der Waals surface area contributed by atoms with Crippen molar-refractivity contribution in [3.8, 4) is 101 Å². The van der Waals surface area contributed by atoms with E-state index in [2.05, 4.69) is 311 Å². The number of fused-ring (bicyclic) bond motifs is 16. The van der Waals surface area contributed by atoms with Gasteiger partial charge in [-0.05, 0) is 119 Å². The van der Waals surface area contributed by atoms with Crippen LogP contribution < -0.4 is 0 Å². The molecule has 12 aromatic heterocycles. The van der Waals surface area contributed by atoms with Gasteiger partial charge >= 0.3 is 0 Å². The molecule has 0 aliphatic heterocycles. The van der Waals surface area contributed by atoms with Crippen molar-refractivity contribution in [2.75, 3.05) is 0 Å². The number of pyridine rings is 12. The molecule has 0 unspecified atom stereocenters. The molecule has 0 radical (unpaired) electrons. The topological polar surface area (TPSA) is 155 Å². The second-order valence-corrected chi connectivity index (χ2v) is 28.8. The van der Waals surface area contributed by atoms with Gasteiger partial charge in [0.25, 0.3) is 0 Å². The summed E-state index contributed by atoms with van der Waals surface area (Å²) in [5.41, 5.74) is 28.7. The van der Waals surface area contributed by atoms with Gasteiger partial charge in [0, 0.05) is 123 Å². The summed E-state index contributed by atoms with van der Waals surface area (Å²) in [5.74, 6) is 0. The largest absolute Gasteiger partial charge is 0.254 e. The van der Waals surface area contributed by atoms with Gasteiger partial charge in [0.05, 0.1) is 112 Å². The number of hydrogen-bond donors (Lipinski definition) is 0. The molecule has 11 aromatic carbocycles. The van der Waals surface area contributed by atoms with Crippen molar-refractivity contribution in [3.05, 3.63) is 365 Å². The van der Waals surface area contributed by atoms with E-state index >= 15 is 0 Å². The Kier molecular flexibility index (Phi) is 15.6. The second-order valence-electron chi connectivity index (χ2n) is 28.8. The van der Waals surface area contributed by atoms with E-state index in [1.165, 1.54) is 0 Å². The predicted molar refractivity (Wildman–Crippen MR) is 465 cm³/mol. The van der Waals surface area contributed by atoms with E-state index in [9.17, 15) is 0 Å². The number of aromatic nitrogens is 12. The lowest BCUT2D eigenvalue weighted by molar-refractivity contribution is 1.31. The Hall–Kier alpha value is -15.7. The molecule has 0 amide bonds. The number of benzene rings is 11. The first-order valence-electron chi connectivity index (χ1n) is 37.9. The molecule has 0 bridgehead atoms. The van der Waals surface area contributed by atoms with Gasteiger partial charge in [-0.2, -0.15) is 0 Å². The zero-order chi connectivity index (χ0) is 75.2. The van der Waals surface area contributed by atoms with Crippen molar-refractivity contribution >= 4 is 131 Å². The Morgan fingerprint density at radius 3 is 0.868 bits per heavy atom. The molecule has 23 aromatic rings. The summed E-state index contributed by atoms with van der Waals surface area (Å²) in [6.45, 7) is 0. The van der Waals surface area contributed by atoms with Gasteiger partial charge in [0.2, 0.25) is 0 Å². The highest BCUT2D eigenvalue weighted by molar-refractivity contribution is 6.10. The highest BCUT2D eigenvalue weighted by Crippen LogP contribution is 2.38. The molecule has 0 saturated carbocycles. The average Bonchev–Trinajstić information content (AvgIpc) is 0.785. The van der Waals surface area contributed by atoms with Gasteiger partial charge in [-0.1, -0.05) is 243 Å². The molecule has 0 aliphatic carbocycles. The maximum absolute atomic E-state index is 5.17. The molecule has 0 spiro atoms. The molecule has 0 N–H and O–H groups in total. The quantitative estimate of drug-likeness (QED) is 0.126. The SMILES string of the molecule is c1ccc(-c2ccc3ccc4ccc(-c5ccc(-c6ccc7ccc(-c8ccc9ccc(-c%10ccc%11ccc%12cccnc%12c%11n%10)nc9c8)nc7c6)cc5)nc4c3n2)cc1.c1cnc2c(c1)ccc1ccc(-c3ccc4ccc(-c5ccc6ccc(-c7ccc(-c8ccnc9c8ccc8cccnc89)cc7)nc6c5)nc4c3)nc12. The van der Waals surface area contributed by atoms with Crippen LogP contribution in [0.25, 0.3) is 232 Å². The molecular weight excluding hydrogens is 1390 g/mol. The van der Waals surface area contributed by atoms with Crippen molar-refractivity contribution in [1.29, 1.82) is 0 Å². The highest BCUT2D eigenvalue weighted by Gasteiger charge is 2.17. The van der Waals surface area contributed by atoms with Crippen LogP contribution in [-0.4, -0.2) is 59.8 Å². The van der Waals surface area contributed by atoms with E-state index in [0.717, 1.165) is 232 Å². The van der Waals surface area contributed by atoms with E-state index in [-0.39, 0.29) is 0 Å². The third-order valence-corrected chi connectivity index (χ3v) is 21.9. The first-order chi connectivity index (χ1) is 56.4. The molecular formula is C102H60N12. The molecule has 12 nitrogen and oxygen atoms in total. The van der Waals surface area contributed by atoms with Gasteiger partial charge in [0.15, 0.2) is 0 Å². The van der Waals surface area contributed by atoms with Crippen molar-refractivity contribution < 1.29 is 0 Å². The maximum atomic E-state index is 5.17. The van der Waals surface area contributed by atoms with Gasteiger partial charge < -0.3 is 0 Å². The van der Waals surface area contributed by atoms with Crippen LogP contribution in [0.2, 0.25) is 0 Å². The summed E-state index contributed by atoms with van der Waals surface area (Å²) in [4.78, 5) is 59.4. The smallest absolute Gasteiger partial charge is 0.0972 e. The minimum absolute atomic E-state index is 0.814. The van der Waals surface area contributed by atoms with Crippen molar-refractivity contribution in [1.82, 2.24) is 59.8 Å². The lowest BCUT2D eigenvalue weighted by atomic mass is 9.98. The average molecular weight is 1450 g/mol. The first kappa shape index (κ1) is 65.4. The maximum Gasteiger partial charge on any atom is 0.0972 e. The molecule has 0 aliphatic rings. The zero-order valence-corrected chi connectivity index (χ0v) is 61.0. The standard InChI is InChI=1S/C54H32N6.C48H28N6/c1-2-5-34(6-3-1)44-26-22-40-16-17-41-23-27-45(59-54(41)53(40)58-44)35-10-8-33(9-11-35)42-18-12-36-20-25-46(56-49(36)31-42)43-19-13-37-21-28-47(57-50(37)32-43)48-29-24-39-15-14-38-7-4-30-55-51(38)52(39)60-48;1-3-33-11-12-35-18-22-42(54-47(35)45(33)49-24-1)37-14-10-32-17-21-41(53-44(32)28-37)36-13-9-31-16-20-40(52-43(31)27-36)30-7-5-29(6-8-30)38-23-26-51-48-39(38)19-15-34-4-2-25-50-46(34)48/h1-32H;1-28H. The molecule has 23 rings (SSSR count). The number of rotatable bonds is 9. The Balaban J connectivity index is 0.000000140. The Morgan fingerprint density at radius 1 is 0.140 bits per heavy atom. The molecule has 12 heteroatoms. The predicted octanol–water partition coefficient (Wildman–Crippen LogP) is 25.0. The Bertz CT molecular complexity index is 7870. The van der Waals surface area contributed by atoms with Crippen LogP contribution in [0.5, 0.6) is 0 Å². The van der Waals surface area contributed by atoms with Gasteiger partial charge in [-0.25, -0.2) is 39.9 Å². The molecule has 114 heavy (non-hydrogen) atoms. The van der Waals surface area contributed by atoms with Gasteiger partial charge in [-0.3, -0.25) is 19.9 Å². The van der Waals surface area contributed by atoms with Crippen LogP contribution in [0, 0.1) is 0 Å². The van der Waals surface area contributed by atoms with Crippen LogP contribution in [0.3, 0.4) is 0 Å². The zero-order valence-electron chi connectivity index (χ0n) is 61.0. The molecule has 0 atom stereocenters. The summed E-state index contributed by atoms with van der Waals surface area (Å²) < 4.78 is 0. The van der Waals surface area contributed by atoms with E-state index in [1.807, 2.05) is 73.3 Å². The van der Waals surface area contributed by atoms with Crippen LogP contribution in [0.1, 0.15) is 0 Å². The second kappa shape index (κ2) is 27.2. The number of nitrogens with zero attached hydrogens (tertiary/aromatic N) is 12. The molecule has 12 heterocycles. The van der Waals surface area contributed by atoms with Crippen LogP contribution in [0.4, 0.5) is 0 Å². The van der Waals surface area contributed by atoms with E-state index in [0.29, 0.717) is 0 Å². The summed E-state index contributed by atoms with van der Waals surface area (Å²) >= 11 is 0. The minimum Gasteiger partial charge on any atom is -0.254 e. The highest BCUT2D eigenvalue weighted by atomic mass is 14.8. The fraction of sp³-hybridized carbons (Fsp3) is 0. The normalized spacial score (nSPS) is 11.7. The summed E-state index contributed by atoms with van der Waals surface area (Å²) in [6.07, 6.45) is 7.33. The summed E-state index contributed by atoms with van der Waals surface area (Å²) in [6, 6.07) is 118. The Morgan fingerprint density at radius 2 is 0.412 bits per heavy atom. The van der Waals surface area contributed by atoms with Crippen LogP contribution in [-0.2, 0) is 0 Å². The summed E-state index contributed by atoms with van der Waals surface area (Å²) in [7, 11) is 0. The number of hydrogen-bond acceptors (Lipinski definition) is 12. The van der Waals surface area contributed by atoms with Crippen molar-refractivity contribution in [2.45, 2.75) is 0 Å². The van der Waals surface area contributed by atoms with Crippen LogP contribution in [0.15, 0.2) is 365 Å². The Labute approximate surface area is 652 Å². The first-order valence-corrected chi connectivity index (χ1v) is 37.9. The van der Waals surface area contributed by atoms with Crippen molar-refractivity contribution in [3.63, 3.8) is 0 Å². The lowest BCUT2D eigenvalue weighted by Gasteiger charge is -2.10. The van der Waals surface area contributed by atoms with E-state index in [4.69, 9.17) is 39.9 Å². The third-order valence-electron chi connectivity index (χ3n) is 21.9. The minimum atomic E-state index is 0.814. The van der Waals surface area contributed by atoms with Crippen molar-refractivity contribution in [2.24, 2.45) is 0 Å². The fourth-order valence-corrected chi connectivity index (χ4v) is 15.9. The molecule has 528 valence electrons. The van der Waals surface area contributed by atoms with E-state index < -0.39 is 0 Å². The van der Waals surface area contributed by atoms with E-state index in [1.54, 1.807) is 0 Å². The molecule has 0 fully saturated rings. The lowest BCUT2D eigenvalue weighted by Crippen LogP contribution is -1.92. The summed E-state index contributed by atoms with van der Waals surface area (Å²) in [5, 5.41) is 12.9. The van der Waals surface area contributed by atoms with Gasteiger partial charge in [0.1, 0.15) is 0 Å². The third kappa shape index (κ3) is 11.9. The fourth-order valence-electron chi connectivity index (χ4n) is 15.9. The monoisotopic (exact) mass is 1450 g/mol. The van der Waals surface area contributed by atoms with Gasteiger partial charge in [-0.15, -0.1) is 0 Å².